The SMILES string of the molecule is CC(C)NCc1cnc(N2CCOC(C)(C)C2)s1. The van der Waals surface area contributed by atoms with Crippen LogP contribution in [0.2, 0.25) is 0 Å². The summed E-state index contributed by atoms with van der Waals surface area (Å²) in [6.07, 6.45) is 1.98. The monoisotopic (exact) mass is 269 g/mol. The first kappa shape index (κ1) is 13.8. The van der Waals surface area contributed by atoms with E-state index < -0.39 is 0 Å². The summed E-state index contributed by atoms with van der Waals surface area (Å²) in [6.45, 7) is 12.1. The smallest absolute Gasteiger partial charge is 0.185 e. The van der Waals surface area contributed by atoms with E-state index >= 15 is 0 Å². The molecule has 0 bridgehead atoms. The lowest BCUT2D eigenvalue weighted by molar-refractivity contribution is -0.0277. The normalized spacial score (nSPS) is 19.5. The molecule has 102 valence electrons. The van der Waals surface area contributed by atoms with E-state index in [1.165, 1.54) is 4.88 Å². The van der Waals surface area contributed by atoms with E-state index in [0.717, 1.165) is 31.4 Å². The Morgan fingerprint density at radius 3 is 3.00 bits per heavy atom. The number of anilines is 1. The average Bonchev–Trinajstić information content (AvgIpc) is 2.73. The molecule has 1 aromatic rings. The van der Waals surface area contributed by atoms with Gasteiger partial charge in [-0.3, -0.25) is 0 Å². The molecule has 1 aliphatic rings. The Hall–Kier alpha value is -0.650. The Balaban J connectivity index is 1.97. The maximum absolute atomic E-state index is 5.73. The minimum Gasteiger partial charge on any atom is -0.372 e. The number of nitrogens with zero attached hydrogens (tertiary/aromatic N) is 2. The molecule has 1 N–H and O–H groups in total. The fourth-order valence-electron chi connectivity index (χ4n) is 2.01. The summed E-state index contributed by atoms with van der Waals surface area (Å²) in [5.41, 5.74) is -0.0692. The van der Waals surface area contributed by atoms with Crippen LogP contribution in [0, 0.1) is 0 Å². The Morgan fingerprint density at radius 1 is 1.56 bits per heavy atom. The molecule has 0 aliphatic carbocycles. The molecule has 0 saturated carbocycles. The fourth-order valence-corrected chi connectivity index (χ4v) is 2.90. The second-order valence-electron chi connectivity index (χ2n) is 5.67. The van der Waals surface area contributed by atoms with Gasteiger partial charge in [-0.05, 0) is 13.8 Å². The molecular formula is C13H23N3OS. The number of rotatable bonds is 4. The van der Waals surface area contributed by atoms with E-state index in [4.69, 9.17) is 4.74 Å². The molecule has 2 rings (SSSR count). The molecule has 2 heterocycles. The number of nitrogens with one attached hydrogen (secondary N) is 1. The number of morpholine rings is 1. The standard InChI is InChI=1S/C13H23N3OS/c1-10(2)14-7-11-8-15-12(18-11)16-5-6-17-13(3,4)9-16/h8,10,14H,5-7,9H2,1-4H3. The Bertz CT molecular complexity index is 389. The molecule has 0 unspecified atom stereocenters. The zero-order valence-corrected chi connectivity index (χ0v) is 12.5. The van der Waals surface area contributed by atoms with Crippen molar-refractivity contribution in [2.24, 2.45) is 0 Å². The van der Waals surface area contributed by atoms with Crippen molar-refractivity contribution in [2.45, 2.75) is 45.9 Å². The van der Waals surface area contributed by atoms with Gasteiger partial charge in [-0.2, -0.15) is 0 Å². The quantitative estimate of drug-likeness (QED) is 0.910. The first-order chi connectivity index (χ1) is 8.46. The third-order valence-electron chi connectivity index (χ3n) is 2.92. The van der Waals surface area contributed by atoms with Crippen LogP contribution in [-0.2, 0) is 11.3 Å². The third kappa shape index (κ3) is 3.67. The van der Waals surface area contributed by atoms with Gasteiger partial charge in [-0.25, -0.2) is 4.98 Å². The summed E-state index contributed by atoms with van der Waals surface area (Å²) in [5, 5.41) is 4.54. The maximum atomic E-state index is 5.73. The third-order valence-corrected chi connectivity index (χ3v) is 3.98. The van der Waals surface area contributed by atoms with Crippen molar-refractivity contribution in [1.29, 1.82) is 0 Å². The van der Waals surface area contributed by atoms with Gasteiger partial charge in [0.25, 0.3) is 0 Å². The fraction of sp³-hybridized carbons (Fsp3) is 0.769. The lowest BCUT2D eigenvalue weighted by Gasteiger charge is -2.37. The minimum atomic E-state index is -0.0692. The highest BCUT2D eigenvalue weighted by Crippen LogP contribution is 2.27. The van der Waals surface area contributed by atoms with Crippen molar-refractivity contribution < 1.29 is 4.74 Å². The van der Waals surface area contributed by atoms with Crippen LogP contribution in [0.1, 0.15) is 32.6 Å². The molecule has 0 spiro atoms. The van der Waals surface area contributed by atoms with Crippen molar-refractivity contribution in [3.63, 3.8) is 0 Å². The number of hydrogen-bond acceptors (Lipinski definition) is 5. The summed E-state index contributed by atoms with van der Waals surface area (Å²) >= 11 is 1.78. The van der Waals surface area contributed by atoms with Gasteiger partial charge in [-0.15, -0.1) is 11.3 Å². The van der Waals surface area contributed by atoms with Gasteiger partial charge in [0.15, 0.2) is 5.13 Å². The predicted molar refractivity (Wildman–Crippen MR) is 76.3 cm³/mol. The Labute approximate surface area is 113 Å². The minimum absolute atomic E-state index is 0.0692. The number of ether oxygens (including phenoxy) is 1. The largest absolute Gasteiger partial charge is 0.372 e. The van der Waals surface area contributed by atoms with E-state index in [9.17, 15) is 0 Å². The van der Waals surface area contributed by atoms with Crippen LogP contribution in [-0.4, -0.2) is 36.3 Å². The zero-order valence-electron chi connectivity index (χ0n) is 11.7. The van der Waals surface area contributed by atoms with E-state index in [2.05, 4.69) is 42.9 Å². The summed E-state index contributed by atoms with van der Waals surface area (Å²) in [7, 11) is 0. The van der Waals surface area contributed by atoms with Gasteiger partial charge < -0.3 is 15.0 Å². The van der Waals surface area contributed by atoms with Gasteiger partial charge >= 0.3 is 0 Å². The highest BCUT2D eigenvalue weighted by Gasteiger charge is 2.28. The molecule has 0 aromatic carbocycles. The van der Waals surface area contributed by atoms with Crippen molar-refractivity contribution in [2.75, 3.05) is 24.6 Å². The van der Waals surface area contributed by atoms with Crippen molar-refractivity contribution in [3.8, 4) is 0 Å². The Kier molecular flexibility index (Phi) is 4.25. The second kappa shape index (κ2) is 5.55. The van der Waals surface area contributed by atoms with Crippen LogP contribution in [0.4, 0.5) is 5.13 Å². The molecule has 1 aliphatic heterocycles. The number of hydrogen-bond donors (Lipinski definition) is 1. The van der Waals surface area contributed by atoms with Crippen LogP contribution >= 0.6 is 11.3 Å². The van der Waals surface area contributed by atoms with Gasteiger partial charge in [0.05, 0.1) is 12.2 Å². The van der Waals surface area contributed by atoms with Crippen LogP contribution in [0.3, 0.4) is 0 Å². The number of thiazole rings is 1. The van der Waals surface area contributed by atoms with Crippen LogP contribution < -0.4 is 10.2 Å². The van der Waals surface area contributed by atoms with Crippen LogP contribution in [0.5, 0.6) is 0 Å². The van der Waals surface area contributed by atoms with Gasteiger partial charge in [-0.1, -0.05) is 13.8 Å². The van der Waals surface area contributed by atoms with Crippen molar-refractivity contribution in [3.05, 3.63) is 11.1 Å². The Morgan fingerprint density at radius 2 is 2.33 bits per heavy atom. The molecule has 1 fully saturated rings. The molecule has 0 radical (unpaired) electrons. The van der Waals surface area contributed by atoms with E-state index in [1.54, 1.807) is 11.3 Å². The summed E-state index contributed by atoms with van der Waals surface area (Å²) < 4.78 is 5.73. The lowest BCUT2D eigenvalue weighted by atomic mass is 10.1. The topological polar surface area (TPSA) is 37.4 Å². The maximum Gasteiger partial charge on any atom is 0.185 e. The average molecular weight is 269 g/mol. The number of aromatic nitrogens is 1. The molecule has 0 amide bonds. The predicted octanol–water partition coefficient (Wildman–Crippen LogP) is 2.26. The first-order valence-corrected chi connectivity index (χ1v) is 7.35. The second-order valence-corrected chi connectivity index (χ2v) is 6.77. The molecule has 1 aromatic heterocycles. The van der Waals surface area contributed by atoms with Crippen LogP contribution in [0.25, 0.3) is 0 Å². The van der Waals surface area contributed by atoms with Crippen molar-refractivity contribution in [1.82, 2.24) is 10.3 Å². The van der Waals surface area contributed by atoms with Gasteiger partial charge in [0.1, 0.15) is 0 Å². The summed E-state index contributed by atoms with van der Waals surface area (Å²) in [6, 6.07) is 0.512. The molecule has 4 nitrogen and oxygen atoms in total. The van der Waals surface area contributed by atoms with Crippen molar-refractivity contribution >= 4 is 16.5 Å². The molecule has 0 atom stereocenters. The molecule has 1 saturated heterocycles. The lowest BCUT2D eigenvalue weighted by Crippen LogP contribution is -2.48. The van der Waals surface area contributed by atoms with Gasteiger partial charge in [0.2, 0.25) is 0 Å². The molecule has 18 heavy (non-hydrogen) atoms. The van der Waals surface area contributed by atoms with Gasteiger partial charge in [0, 0.05) is 36.8 Å². The summed E-state index contributed by atoms with van der Waals surface area (Å²) in [5.74, 6) is 0. The molecular weight excluding hydrogens is 246 g/mol. The first-order valence-electron chi connectivity index (χ1n) is 6.53. The van der Waals surface area contributed by atoms with E-state index in [0.29, 0.717) is 6.04 Å². The summed E-state index contributed by atoms with van der Waals surface area (Å²) in [4.78, 5) is 8.15. The van der Waals surface area contributed by atoms with Crippen LogP contribution in [0.15, 0.2) is 6.20 Å². The molecule has 5 heteroatoms. The van der Waals surface area contributed by atoms with E-state index in [-0.39, 0.29) is 5.60 Å². The zero-order chi connectivity index (χ0) is 13.2. The van der Waals surface area contributed by atoms with E-state index in [1.807, 2.05) is 6.20 Å². The highest BCUT2D eigenvalue weighted by atomic mass is 32.1. The highest BCUT2D eigenvalue weighted by molar-refractivity contribution is 7.15.